The topological polar surface area (TPSA) is 9.23 Å². The molecule has 0 aromatic rings. The monoisotopic (exact) mass is 336 g/mol. The Labute approximate surface area is 114 Å². The second-order valence-electron chi connectivity index (χ2n) is 5.50. The quantitative estimate of drug-likeness (QED) is 0.533. The van der Waals surface area contributed by atoms with Crippen LogP contribution in [0.3, 0.4) is 0 Å². The first-order valence-electron chi connectivity index (χ1n) is 7.12. The van der Waals surface area contributed by atoms with Crippen molar-refractivity contribution in [3.8, 4) is 0 Å². The highest BCUT2D eigenvalue weighted by Crippen LogP contribution is 2.30. The maximum absolute atomic E-state index is 6.13. The molecule has 2 saturated carbocycles. The molecule has 0 aromatic carbocycles. The first kappa shape index (κ1) is 13.1. The fourth-order valence-electron chi connectivity index (χ4n) is 2.76. The van der Waals surface area contributed by atoms with E-state index in [-0.39, 0.29) is 0 Å². The Bertz CT molecular complexity index is 191. The summed E-state index contributed by atoms with van der Waals surface area (Å²) in [4.78, 5) is 0. The Morgan fingerprint density at radius 3 is 2.31 bits per heavy atom. The molecule has 2 fully saturated rings. The van der Waals surface area contributed by atoms with Crippen LogP contribution in [0.1, 0.15) is 64.2 Å². The van der Waals surface area contributed by atoms with E-state index in [1.807, 2.05) is 0 Å². The van der Waals surface area contributed by atoms with E-state index in [0.717, 1.165) is 16.4 Å². The Morgan fingerprint density at radius 1 is 0.875 bits per heavy atom. The Kier molecular flexibility index (Phi) is 5.91. The van der Waals surface area contributed by atoms with Crippen LogP contribution < -0.4 is 0 Å². The van der Waals surface area contributed by atoms with Gasteiger partial charge in [0.2, 0.25) is 0 Å². The van der Waals surface area contributed by atoms with Crippen LogP contribution in [0.5, 0.6) is 0 Å². The first-order chi connectivity index (χ1) is 7.86. The van der Waals surface area contributed by atoms with Crippen molar-refractivity contribution in [2.45, 2.75) is 74.2 Å². The lowest BCUT2D eigenvalue weighted by molar-refractivity contribution is 0.0292. The summed E-state index contributed by atoms with van der Waals surface area (Å²) in [5.41, 5.74) is 0. The molecular formula is C14H25IO. The lowest BCUT2D eigenvalue weighted by Gasteiger charge is -2.28. The Balaban J connectivity index is 1.63. The van der Waals surface area contributed by atoms with Gasteiger partial charge in [0, 0.05) is 10.5 Å². The van der Waals surface area contributed by atoms with E-state index in [1.165, 1.54) is 64.2 Å². The summed E-state index contributed by atoms with van der Waals surface area (Å²) in [7, 11) is 0. The molecule has 0 bridgehead atoms. The fraction of sp³-hybridized carbons (Fsp3) is 1.00. The number of ether oxygens (including phenoxy) is 1. The predicted molar refractivity (Wildman–Crippen MR) is 77.2 cm³/mol. The van der Waals surface area contributed by atoms with Gasteiger partial charge in [-0.05, 0) is 25.2 Å². The first-order valence-corrected chi connectivity index (χ1v) is 8.36. The lowest BCUT2D eigenvalue weighted by atomic mass is 9.83. The molecule has 2 rings (SSSR count). The molecule has 2 aliphatic carbocycles. The van der Waals surface area contributed by atoms with Crippen LogP contribution in [0, 0.1) is 5.92 Å². The molecule has 0 N–H and O–H groups in total. The summed E-state index contributed by atoms with van der Waals surface area (Å²) in [5.74, 6) is 1.00. The maximum atomic E-state index is 6.13. The molecule has 16 heavy (non-hydrogen) atoms. The van der Waals surface area contributed by atoms with Gasteiger partial charge in [-0.15, -0.1) is 0 Å². The lowest BCUT2D eigenvalue weighted by Crippen LogP contribution is -2.27. The minimum absolute atomic E-state index is 0.556. The molecular weight excluding hydrogens is 311 g/mol. The maximum Gasteiger partial charge on any atom is 0.0692 e. The number of hydrogen-bond acceptors (Lipinski definition) is 1. The molecule has 0 heterocycles. The summed E-state index contributed by atoms with van der Waals surface area (Å²) >= 11 is 2.62. The zero-order chi connectivity index (χ0) is 11.2. The Hall–Kier alpha value is 0.690. The average Bonchev–Trinajstić information content (AvgIpc) is 2.19. The zero-order valence-corrected chi connectivity index (χ0v) is 12.5. The molecule has 2 aliphatic rings. The third kappa shape index (κ3) is 4.17. The highest BCUT2D eigenvalue weighted by atomic mass is 127. The summed E-state index contributed by atoms with van der Waals surface area (Å²) in [6.45, 7) is 1.02. The second-order valence-corrected chi connectivity index (χ2v) is 7.10. The predicted octanol–water partition coefficient (Wildman–Crippen LogP) is 4.72. The average molecular weight is 336 g/mol. The van der Waals surface area contributed by atoms with Crippen molar-refractivity contribution in [1.29, 1.82) is 0 Å². The van der Waals surface area contributed by atoms with E-state index in [1.54, 1.807) is 0 Å². The standard InChI is InChI=1S/C14H25IO/c15-13-8-3-1-2-4-9-14(13)16-11-10-12-6-5-7-12/h12-14H,1-11H2. The summed E-state index contributed by atoms with van der Waals surface area (Å²) in [6.07, 6.45) is 14.6. The highest BCUT2D eigenvalue weighted by molar-refractivity contribution is 14.1. The van der Waals surface area contributed by atoms with Gasteiger partial charge >= 0.3 is 0 Å². The molecule has 2 atom stereocenters. The van der Waals surface area contributed by atoms with E-state index in [0.29, 0.717) is 6.10 Å². The van der Waals surface area contributed by atoms with Crippen molar-refractivity contribution in [3.05, 3.63) is 0 Å². The van der Waals surface area contributed by atoms with Crippen LogP contribution in [0.25, 0.3) is 0 Å². The molecule has 2 unspecified atom stereocenters. The van der Waals surface area contributed by atoms with Gasteiger partial charge in [-0.2, -0.15) is 0 Å². The molecule has 0 saturated heterocycles. The molecule has 94 valence electrons. The van der Waals surface area contributed by atoms with Gasteiger partial charge in [-0.1, -0.05) is 67.5 Å². The van der Waals surface area contributed by atoms with Crippen molar-refractivity contribution in [2.75, 3.05) is 6.61 Å². The molecule has 0 spiro atoms. The van der Waals surface area contributed by atoms with Crippen LogP contribution in [0.15, 0.2) is 0 Å². The van der Waals surface area contributed by atoms with E-state index in [2.05, 4.69) is 22.6 Å². The number of alkyl halides is 1. The number of rotatable bonds is 4. The molecule has 0 radical (unpaired) electrons. The van der Waals surface area contributed by atoms with Crippen LogP contribution >= 0.6 is 22.6 Å². The van der Waals surface area contributed by atoms with Crippen molar-refractivity contribution in [1.82, 2.24) is 0 Å². The van der Waals surface area contributed by atoms with Gasteiger partial charge in [0.1, 0.15) is 0 Å². The normalized spacial score (nSPS) is 32.8. The van der Waals surface area contributed by atoms with Gasteiger partial charge in [0.25, 0.3) is 0 Å². The molecule has 0 aliphatic heterocycles. The number of halogens is 1. The van der Waals surface area contributed by atoms with Crippen LogP contribution in [0.2, 0.25) is 0 Å². The molecule has 0 amide bonds. The highest BCUT2D eigenvalue weighted by Gasteiger charge is 2.22. The van der Waals surface area contributed by atoms with Gasteiger partial charge in [-0.25, -0.2) is 0 Å². The van der Waals surface area contributed by atoms with Crippen LogP contribution in [-0.2, 0) is 4.74 Å². The third-order valence-electron chi connectivity index (χ3n) is 4.20. The van der Waals surface area contributed by atoms with E-state index in [4.69, 9.17) is 4.74 Å². The molecule has 0 aromatic heterocycles. The zero-order valence-electron chi connectivity index (χ0n) is 10.3. The van der Waals surface area contributed by atoms with Gasteiger partial charge in [0.15, 0.2) is 0 Å². The van der Waals surface area contributed by atoms with E-state index < -0.39 is 0 Å². The molecule has 1 nitrogen and oxygen atoms in total. The van der Waals surface area contributed by atoms with Gasteiger partial charge < -0.3 is 4.74 Å². The number of hydrogen-bond donors (Lipinski definition) is 0. The molecule has 2 heteroatoms. The third-order valence-corrected chi connectivity index (χ3v) is 5.63. The van der Waals surface area contributed by atoms with Crippen LogP contribution in [0.4, 0.5) is 0 Å². The smallest absolute Gasteiger partial charge is 0.0692 e. The largest absolute Gasteiger partial charge is 0.377 e. The van der Waals surface area contributed by atoms with Crippen LogP contribution in [-0.4, -0.2) is 16.6 Å². The summed E-state index contributed by atoms with van der Waals surface area (Å²) < 4.78 is 6.89. The fourth-order valence-corrected chi connectivity index (χ4v) is 3.77. The summed E-state index contributed by atoms with van der Waals surface area (Å²) in [6, 6.07) is 0. The van der Waals surface area contributed by atoms with Crippen molar-refractivity contribution in [3.63, 3.8) is 0 Å². The summed E-state index contributed by atoms with van der Waals surface area (Å²) in [5, 5.41) is 0. The van der Waals surface area contributed by atoms with E-state index in [9.17, 15) is 0 Å². The van der Waals surface area contributed by atoms with E-state index >= 15 is 0 Å². The van der Waals surface area contributed by atoms with Crippen molar-refractivity contribution >= 4 is 22.6 Å². The van der Waals surface area contributed by atoms with Crippen molar-refractivity contribution < 1.29 is 4.74 Å². The minimum atomic E-state index is 0.556. The minimum Gasteiger partial charge on any atom is -0.377 e. The van der Waals surface area contributed by atoms with Gasteiger partial charge in [0.05, 0.1) is 6.10 Å². The SMILES string of the molecule is IC1CCCCCCC1OCCC1CCC1. The van der Waals surface area contributed by atoms with Crippen molar-refractivity contribution in [2.24, 2.45) is 5.92 Å². The second kappa shape index (κ2) is 7.20. The Morgan fingerprint density at radius 2 is 1.62 bits per heavy atom. The van der Waals surface area contributed by atoms with Gasteiger partial charge in [-0.3, -0.25) is 0 Å².